The molecule has 720 valence electrons. The maximum atomic E-state index is 15.6. The van der Waals surface area contributed by atoms with Crippen molar-refractivity contribution in [3.8, 4) is 51.4 Å². The van der Waals surface area contributed by atoms with Crippen LogP contribution in [0.1, 0.15) is 52.7 Å². The summed E-state index contributed by atoms with van der Waals surface area (Å²) in [5.74, 6) is -2.40. The van der Waals surface area contributed by atoms with E-state index < -0.39 is 86.0 Å². The Morgan fingerprint density at radius 2 is 0.758 bits per heavy atom. The van der Waals surface area contributed by atoms with E-state index in [1.807, 2.05) is 49.8 Å². The van der Waals surface area contributed by atoms with Crippen LogP contribution >= 0.6 is 15.9 Å². The molecule has 0 unspecified atom stereocenters. The van der Waals surface area contributed by atoms with Crippen LogP contribution in [-0.4, -0.2) is 272 Å². The van der Waals surface area contributed by atoms with E-state index >= 15 is 26.3 Å². The van der Waals surface area contributed by atoms with E-state index in [2.05, 4.69) is 133 Å². The average Bonchev–Trinajstić information content (AvgIpc) is 1.60. The van der Waals surface area contributed by atoms with Crippen molar-refractivity contribution < 1.29 is 107 Å². The number of nitrogens with zero attached hydrogens (tertiary/aromatic N) is 8. The molecular formula is C95H128BrF6N9O17Si4. The molecule has 12 atom stereocenters. The number of ether oxygens (including phenoxy) is 14. The molecule has 132 heavy (non-hydrogen) atoms. The maximum Gasteiger partial charge on any atom is 0.213 e. The summed E-state index contributed by atoms with van der Waals surface area (Å²) < 4.78 is 195. The van der Waals surface area contributed by atoms with E-state index in [0.29, 0.717) is 197 Å². The van der Waals surface area contributed by atoms with Gasteiger partial charge in [-0.15, -0.1) is 0 Å². The average molecular weight is 1970 g/mol. The minimum atomic E-state index is -2.05. The first kappa shape index (κ1) is 98.0. The predicted molar refractivity (Wildman–Crippen MR) is 508 cm³/mol. The van der Waals surface area contributed by atoms with Crippen LogP contribution < -0.4 is 28.9 Å². The van der Waals surface area contributed by atoms with Crippen LogP contribution in [0.5, 0.6) is 17.6 Å². The second-order valence-electron chi connectivity index (χ2n) is 41.2. The van der Waals surface area contributed by atoms with E-state index in [4.69, 9.17) is 85.1 Å². The Bertz CT molecular complexity index is 5290. The molecule has 0 bridgehead atoms. The number of halogens is 7. The third-order valence-corrected chi connectivity index (χ3v) is 40.5. The Kier molecular flexibility index (Phi) is 29.5. The van der Waals surface area contributed by atoms with Gasteiger partial charge in [-0.05, 0) is 151 Å². The van der Waals surface area contributed by atoms with Gasteiger partial charge < -0.3 is 100.0 Å². The summed E-state index contributed by atoms with van der Waals surface area (Å²) >= 11 is 3.74. The van der Waals surface area contributed by atoms with Gasteiger partial charge in [0.05, 0.1) is 153 Å². The molecule has 9 saturated heterocycles. The molecule has 37 heteroatoms. The van der Waals surface area contributed by atoms with Crippen molar-refractivity contribution in [3.05, 3.63) is 123 Å². The Morgan fingerprint density at radius 3 is 1.17 bits per heavy atom. The van der Waals surface area contributed by atoms with E-state index in [-0.39, 0.29) is 119 Å². The van der Waals surface area contributed by atoms with E-state index in [0.717, 1.165) is 23.2 Å². The molecule has 0 saturated carbocycles. The zero-order chi connectivity index (χ0) is 94.0. The molecule has 18 rings (SSSR count). The van der Waals surface area contributed by atoms with Crippen LogP contribution in [0.2, 0.25) is 87.6 Å². The van der Waals surface area contributed by atoms with Crippen LogP contribution in [0.3, 0.4) is 0 Å². The molecule has 2 N–H and O–H groups in total. The van der Waals surface area contributed by atoms with Gasteiger partial charge in [0, 0.05) is 96.8 Å². The lowest BCUT2D eigenvalue weighted by Gasteiger charge is -2.39. The van der Waals surface area contributed by atoms with Crippen LogP contribution in [0.25, 0.3) is 66.9 Å². The van der Waals surface area contributed by atoms with Gasteiger partial charge in [0.2, 0.25) is 11.8 Å². The number of pyridine rings is 3. The standard InChI is InChI=1S/C36H53F2N3O6Si2.C35H50BrF2N3O6Si2.C24H25F2N3O5/c1-23-32-28(11-10-27(39-32)31-25(37)18-24(19-26(31)38)40-12-14-42-15-13-40)41(22-43-16-17-48(5,6)7)35(23)46-29-20-44-34-30(21-45-33(29)34)47-49(8,9)36(2,3)4;1-35(2,3)49(7,8)47-28-20-45-32-27(19-44-33(28)32)46-34-30(36)31-26(41(34)21-43-15-16-48(4,5)6)10-9-25(39-31)29-23(37)17-22(18-24(29)38)40-11-13-42-14-12-40;1-12-21-17(28-24(12)34-19-11-33-22-18(30)10-32-23(19)22)3-2-16(27-21)20-14(25)8-13(9-15(20)26)29-4-6-31-7-5-29/h10-11,18-19,29-30,33-34H,12-17,20-22H2,1-9H3;9-10,17-18,27-28,32-33H,11-16,19-21H2,1-8H3;2-3,8-9,18-19,22-23,28,30H,4-7,10-11H2,1H3/t29-,30-,33-,34-;27-,28-,32-,33-;18-,19-,22-,23-/m111/s1. The summed E-state index contributed by atoms with van der Waals surface area (Å²) in [6.45, 7) is 50.4. The number of aryl methyl sites for hydroxylation is 2. The summed E-state index contributed by atoms with van der Waals surface area (Å²) in [4.78, 5) is 23.1. The lowest BCUT2D eigenvalue weighted by molar-refractivity contribution is 0.00782. The molecule has 0 spiro atoms. The minimum Gasteiger partial charge on any atom is -0.470 e. The summed E-state index contributed by atoms with van der Waals surface area (Å²) in [5.41, 5.74) is 6.90. The summed E-state index contributed by atoms with van der Waals surface area (Å²) in [6.07, 6.45) is -3.93. The number of anilines is 3. The van der Waals surface area contributed by atoms with Crippen LogP contribution in [-0.2, 0) is 74.4 Å². The molecule has 9 aliphatic rings. The molecule has 26 nitrogen and oxygen atoms in total. The number of benzene rings is 3. The van der Waals surface area contributed by atoms with Gasteiger partial charge in [-0.1, -0.05) is 80.8 Å². The lowest BCUT2D eigenvalue weighted by Crippen LogP contribution is -2.47. The fourth-order valence-corrected chi connectivity index (χ4v) is 22.3. The maximum absolute atomic E-state index is 15.6. The quantitative estimate of drug-likeness (QED) is 0.0291. The summed E-state index contributed by atoms with van der Waals surface area (Å²) in [7, 11) is -6.71. The van der Waals surface area contributed by atoms with Crippen LogP contribution in [0, 0.1) is 48.8 Å². The highest BCUT2D eigenvalue weighted by Gasteiger charge is 2.55. The topological polar surface area (TPSA) is 242 Å². The molecule has 9 fully saturated rings. The first-order chi connectivity index (χ1) is 62.6. The van der Waals surface area contributed by atoms with Gasteiger partial charge >= 0.3 is 0 Å². The number of aromatic nitrogens is 6. The third kappa shape index (κ3) is 21.1. The van der Waals surface area contributed by atoms with Crippen molar-refractivity contribution in [1.82, 2.24) is 29.1 Å². The Labute approximate surface area is 780 Å². The number of aromatic amines is 1. The van der Waals surface area contributed by atoms with Crippen molar-refractivity contribution in [2.45, 2.75) is 230 Å². The third-order valence-electron chi connectivity index (χ3n) is 27.3. The van der Waals surface area contributed by atoms with Crippen LogP contribution in [0.15, 0.2) is 77.3 Å². The molecule has 9 aliphatic heterocycles. The largest absolute Gasteiger partial charge is 0.470 e. The lowest BCUT2D eigenvalue weighted by atomic mass is 10.1. The molecule has 0 radical (unpaired) electrons. The molecule has 0 amide bonds. The summed E-state index contributed by atoms with van der Waals surface area (Å²) in [6, 6.07) is 20.5. The molecule has 3 aromatic carbocycles. The Morgan fingerprint density at radius 1 is 0.424 bits per heavy atom. The van der Waals surface area contributed by atoms with E-state index in [1.54, 1.807) is 24.3 Å². The van der Waals surface area contributed by atoms with E-state index in [1.165, 1.54) is 36.4 Å². The number of morpholine rings is 3. The highest BCUT2D eigenvalue weighted by molar-refractivity contribution is 9.10. The van der Waals surface area contributed by atoms with Crippen molar-refractivity contribution in [2.75, 3.05) is 146 Å². The van der Waals surface area contributed by atoms with Crippen molar-refractivity contribution in [2.24, 2.45) is 0 Å². The fourth-order valence-electron chi connectivity index (χ4n) is 17.6. The van der Waals surface area contributed by atoms with Gasteiger partial charge in [-0.25, -0.2) is 41.3 Å². The van der Waals surface area contributed by atoms with Crippen LogP contribution in [0.4, 0.5) is 43.4 Å². The Hall–Kier alpha value is -7.10. The van der Waals surface area contributed by atoms with Gasteiger partial charge in [0.15, 0.2) is 40.8 Å². The SMILES string of the molecule is CC(C)(C)[Si](C)(C)O[C@@H]1CO[C@H]2[C@@H]1OC[C@H]2Oc1c(Br)c2nc(-c3c(F)cc(N4CCOCC4)cc3F)ccc2n1COCC[Si](C)(C)C.Cc1c(O[C@@H]2CO[C@H]3[C@@H]2OC[C@H]3O)[nH]c2ccc(-c3c(F)cc(N4CCOCC4)cc3F)nc12.Cc1c(O[C@@H]2CO[C@H]3[C@@H]2OC[C@H]3O[Si](C)(C)C(C)(C)C)n(COCC[Si](C)(C)C)c2ccc(-c3c(F)cc(N4CCOCC4)cc3F)nc12. The van der Waals surface area contributed by atoms with Gasteiger partial charge in [-0.2, -0.15) is 0 Å². The zero-order valence-electron chi connectivity index (χ0n) is 79.0. The number of aliphatic hydroxyl groups is 1. The monoisotopic (exact) mass is 1970 g/mol. The number of aliphatic hydroxyl groups excluding tert-OH is 1. The second-order valence-corrected chi connectivity index (χ2v) is 62.8. The molecule has 0 aliphatic carbocycles. The molecule has 15 heterocycles. The number of rotatable bonds is 26. The molecular weight excluding hydrogens is 1850 g/mol. The smallest absolute Gasteiger partial charge is 0.213 e. The molecule has 9 aromatic rings. The predicted octanol–water partition coefficient (Wildman–Crippen LogP) is 17.8. The highest BCUT2D eigenvalue weighted by atomic mass is 79.9. The Balaban J connectivity index is 0.000000147. The van der Waals surface area contributed by atoms with Crippen molar-refractivity contribution in [1.29, 1.82) is 0 Å². The van der Waals surface area contributed by atoms with Crippen molar-refractivity contribution in [3.63, 3.8) is 0 Å². The number of fused-ring (bicyclic) bond motifs is 6. The number of hydrogen-bond donors (Lipinski definition) is 2. The summed E-state index contributed by atoms with van der Waals surface area (Å²) in [5, 5.41) is 10.1. The first-order valence-corrected chi connectivity index (χ1v) is 60.1. The van der Waals surface area contributed by atoms with Crippen molar-refractivity contribution >= 4 is 98.9 Å². The van der Waals surface area contributed by atoms with Gasteiger partial charge in [0.1, 0.15) is 101 Å². The van der Waals surface area contributed by atoms with Gasteiger partial charge in [0.25, 0.3) is 0 Å². The normalized spacial score (nSPS) is 24.3. The number of H-pyrrole nitrogens is 1. The first-order valence-electron chi connectivity index (χ1n) is 46.1. The second kappa shape index (κ2) is 39.8. The minimum absolute atomic E-state index is 0.0589. The zero-order valence-corrected chi connectivity index (χ0v) is 84.6. The number of nitrogens with one attached hydrogen (secondary N) is 1. The molecule has 6 aromatic heterocycles. The van der Waals surface area contributed by atoms with Gasteiger partial charge in [-0.3, -0.25) is 9.13 Å². The fraction of sp³-hybridized carbons (Fsp3) is 0.589. The van der Waals surface area contributed by atoms with E-state index in [9.17, 15) is 5.11 Å². The highest BCUT2D eigenvalue weighted by Crippen LogP contribution is 2.48. The number of hydrogen-bond acceptors (Lipinski definition) is 23.